The summed E-state index contributed by atoms with van der Waals surface area (Å²) in [5.41, 5.74) is 5.51. The lowest BCUT2D eigenvalue weighted by molar-refractivity contribution is -0.140. The van der Waals surface area contributed by atoms with Crippen LogP contribution in [0.2, 0.25) is 0 Å². The summed E-state index contributed by atoms with van der Waals surface area (Å²) < 4.78 is 0. The third-order valence-electron chi connectivity index (χ3n) is 4.88. The van der Waals surface area contributed by atoms with Gasteiger partial charge in [-0.05, 0) is 56.9 Å². The van der Waals surface area contributed by atoms with Gasteiger partial charge in [-0.25, -0.2) is 0 Å². The number of hydrogen-bond acceptors (Lipinski definition) is 2. The topological polar surface area (TPSA) is 49.4 Å². The molecule has 2 amide bonds. The Morgan fingerprint density at radius 1 is 1.00 bits per heavy atom. The second-order valence-electron chi connectivity index (χ2n) is 7.18. The van der Waals surface area contributed by atoms with Gasteiger partial charge in [-0.2, -0.15) is 0 Å². The van der Waals surface area contributed by atoms with Crippen LogP contribution in [-0.4, -0.2) is 29.3 Å². The summed E-state index contributed by atoms with van der Waals surface area (Å²) in [5, 5.41) is 2.83. The van der Waals surface area contributed by atoms with Crippen LogP contribution in [0.5, 0.6) is 0 Å². The lowest BCUT2D eigenvalue weighted by Crippen LogP contribution is -2.48. The summed E-state index contributed by atoms with van der Waals surface area (Å²) in [7, 11) is 0. The van der Waals surface area contributed by atoms with Gasteiger partial charge in [-0.15, -0.1) is 0 Å². The Bertz CT molecular complexity index is 814. The fourth-order valence-electron chi connectivity index (χ4n) is 3.10. The SMILES string of the molecule is CCNC(=O)C(C)N(Cc1cccc(C)c1)C(=O)Cc1ccc(C)c(C)c1. The summed E-state index contributed by atoms with van der Waals surface area (Å²) in [6.07, 6.45) is 0.288. The van der Waals surface area contributed by atoms with Crippen LogP contribution < -0.4 is 5.32 Å². The van der Waals surface area contributed by atoms with Crippen LogP contribution in [-0.2, 0) is 22.6 Å². The highest BCUT2D eigenvalue weighted by atomic mass is 16.2. The molecule has 4 heteroatoms. The second-order valence-corrected chi connectivity index (χ2v) is 7.18. The van der Waals surface area contributed by atoms with E-state index < -0.39 is 6.04 Å². The third kappa shape index (κ3) is 5.68. The first-order chi connectivity index (χ1) is 12.8. The van der Waals surface area contributed by atoms with Crippen LogP contribution >= 0.6 is 0 Å². The molecule has 0 heterocycles. The molecular weight excluding hydrogens is 336 g/mol. The Morgan fingerprint density at radius 2 is 1.74 bits per heavy atom. The summed E-state index contributed by atoms with van der Waals surface area (Å²) >= 11 is 0. The van der Waals surface area contributed by atoms with Crippen molar-refractivity contribution in [2.24, 2.45) is 0 Å². The molecule has 4 nitrogen and oxygen atoms in total. The van der Waals surface area contributed by atoms with Crippen LogP contribution in [0, 0.1) is 20.8 Å². The minimum atomic E-state index is -0.524. The molecule has 27 heavy (non-hydrogen) atoms. The van der Waals surface area contributed by atoms with E-state index >= 15 is 0 Å². The summed E-state index contributed by atoms with van der Waals surface area (Å²) in [6, 6.07) is 13.6. The number of rotatable bonds is 7. The van der Waals surface area contributed by atoms with Gasteiger partial charge in [0.15, 0.2) is 0 Å². The van der Waals surface area contributed by atoms with Crippen molar-refractivity contribution in [1.29, 1.82) is 0 Å². The van der Waals surface area contributed by atoms with Crippen molar-refractivity contribution in [2.45, 2.75) is 53.6 Å². The average Bonchev–Trinajstić information content (AvgIpc) is 2.62. The molecule has 2 rings (SSSR count). The van der Waals surface area contributed by atoms with Gasteiger partial charge in [0.25, 0.3) is 0 Å². The van der Waals surface area contributed by atoms with E-state index in [0.717, 1.165) is 16.7 Å². The first kappa shape index (κ1) is 20.7. The molecule has 0 spiro atoms. The highest BCUT2D eigenvalue weighted by molar-refractivity contribution is 5.88. The summed E-state index contributed by atoms with van der Waals surface area (Å²) in [6.45, 7) is 10.8. The van der Waals surface area contributed by atoms with Crippen molar-refractivity contribution in [3.8, 4) is 0 Å². The third-order valence-corrected chi connectivity index (χ3v) is 4.88. The molecule has 1 unspecified atom stereocenters. The molecule has 0 fully saturated rings. The van der Waals surface area contributed by atoms with Gasteiger partial charge in [0, 0.05) is 13.1 Å². The first-order valence-electron chi connectivity index (χ1n) is 9.50. The quantitative estimate of drug-likeness (QED) is 0.812. The fraction of sp³-hybridized carbons (Fsp3) is 0.391. The number of hydrogen-bond donors (Lipinski definition) is 1. The number of aryl methyl sites for hydroxylation is 3. The lowest BCUT2D eigenvalue weighted by Gasteiger charge is -2.29. The molecule has 1 atom stereocenters. The van der Waals surface area contributed by atoms with Gasteiger partial charge in [0.1, 0.15) is 6.04 Å². The van der Waals surface area contributed by atoms with E-state index in [9.17, 15) is 9.59 Å². The van der Waals surface area contributed by atoms with Crippen molar-refractivity contribution in [2.75, 3.05) is 6.54 Å². The Kier molecular flexibility index (Phi) is 7.17. The smallest absolute Gasteiger partial charge is 0.242 e. The molecule has 0 aliphatic heterocycles. The normalized spacial score (nSPS) is 11.7. The molecular formula is C23H30N2O2. The van der Waals surface area contributed by atoms with Gasteiger partial charge in [0.05, 0.1) is 6.42 Å². The zero-order valence-corrected chi connectivity index (χ0v) is 17.0. The van der Waals surface area contributed by atoms with Gasteiger partial charge in [-0.3, -0.25) is 9.59 Å². The minimum absolute atomic E-state index is 0.0430. The Hall–Kier alpha value is -2.62. The van der Waals surface area contributed by atoms with Gasteiger partial charge >= 0.3 is 0 Å². The Morgan fingerprint density at radius 3 is 2.37 bits per heavy atom. The van der Waals surface area contributed by atoms with Crippen LogP contribution in [0.4, 0.5) is 0 Å². The lowest BCUT2D eigenvalue weighted by atomic mass is 10.0. The van der Waals surface area contributed by atoms with Crippen molar-refractivity contribution >= 4 is 11.8 Å². The fourth-order valence-corrected chi connectivity index (χ4v) is 3.10. The maximum absolute atomic E-state index is 13.1. The van der Waals surface area contributed by atoms with Crippen LogP contribution in [0.25, 0.3) is 0 Å². The largest absolute Gasteiger partial charge is 0.355 e. The molecule has 0 bridgehead atoms. The maximum Gasteiger partial charge on any atom is 0.242 e. The van der Waals surface area contributed by atoms with E-state index in [1.165, 1.54) is 11.1 Å². The average molecular weight is 367 g/mol. The van der Waals surface area contributed by atoms with E-state index in [4.69, 9.17) is 0 Å². The molecule has 0 aromatic heterocycles. The van der Waals surface area contributed by atoms with Crippen molar-refractivity contribution in [1.82, 2.24) is 10.2 Å². The first-order valence-corrected chi connectivity index (χ1v) is 9.50. The van der Waals surface area contributed by atoms with E-state index in [2.05, 4.69) is 24.4 Å². The van der Waals surface area contributed by atoms with Gasteiger partial charge in [-0.1, -0.05) is 48.0 Å². The molecule has 0 saturated heterocycles. The zero-order chi connectivity index (χ0) is 20.0. The Labute approximate surface area is 162 Å². The molecule has 0 radical (unpaired) electrons. The van der Waals surface area contributed by atoms with E-state index in [1.807, 2.05) is 51.1 Å². The number of carbonyl (C=O) groups excluding carboxylic acids is 2. The molecule has 144 valence electrons. The van der Waals surface area contributed by atoms with Crippen molar-refractivity contribution in [3.63, 3.8) is 0 Å². The van der Waals surface area contributed by atoms with Crippen LogP contribution in [0.15, 0.2) is 42.5 Å². The predicted molar refractivity (Wildman–Crippen MR) is 109 cm³/mol. The molecule has 0 aliphatic rings. The monoisotopic (exact) mass is 366 g/mol. The number of nitrogens with one attached hydrogen (secondary N) is 1. The summed E-state index contributed by atoms with van der Waals surface area (Å²) in [4.78, 5) is 27.2. The van der Waals surface area contributed by atoms with E-state index in [1.54, 1.807) is 11.8 Å². The van der Waals surface area contributed by atoms with Crippen molar-refractivity contribution in [3.05, 3.63) is 70.3 Å². The molecule has 0 aliphatic carbocycles. The van der Waals surface area contributed by atoms with E-state index in [-0.39, 0.29) is 18.2 Å². The summed E-state index contributed by atoms with van der Waals surface area (Å²) in [5.74, 6) is -0.169. The van der Waals surface area contributed by atoms with Crippen LogP contribution in [0.1, 0.15) is 41.7 Å². The Balaban J connectivity index is 2.25. The number of nitrogens with zero attached hydrogens (tertiary/aromatic N) is 1. The minimum Gasteiger partial charge on any atom is -0.355 e. The van der Waals surface area contributed by atoms with Crippen molar-refractivity contribution < 1.29 is 9.59 Å². The van der Waals surface area contributed by atoms with E-state index in [0.29, 0.717) is 13.1 Å². The number of amides is 2. The predicted octanol–water partition coefficient (Wildman–Crippen LogP) is 3.71. The number of likely N-dealkylation sites (N-methyl/N-ethyl adjacent to an activating group) is 1. The number of benzene rings is 2. The second kappa shape index (κ2) is 9.36. The van der Waals surface area contributed by atoms with Crippen LogP contribution in [0.3, 0.4) is 0 Å². The molecule has 1 N–H and O–H groups in total. The highest BCUT2D eigenvalue weighted by Gasteiger charge is 2.25. The van der Waals surface area contributed by atoms with Gasteiger partial charge in [0.2, 0.25) is 11.8 Å². The van der Waals surface area contributed by atoms with Gasteiger partial charge < -0.3 is 10.2 Å². The zero-order valence-electron chi connectivity index (χ0n) is 17.0. The standard InChI is InChI=1S/C23H30N2O2/c1-6-24-23(27)19(5)25(15-21-9-7-8-16(2)12-21)22(26)14-20-11-10-17(3)18(4)13-20/h7-13,19H,6,14-15H2,1-5H3,(H,24,27). The number of carbonyl (C=O) groups is 2. The molecule has 0 saturated carbocycles. The maximum atomic E-state index is 13.1. The molecule has 2 aromatic rings. The molecule has 2 aromatic carbocycles. The highest BCUT2D eigenvalue weighted by Crippen LogP contribution is 2.15.